The minimum absolute atomic E-state index is 0.239. The van der Waals surface area contributed by atoms with Crippen molar-refractivity contribution in [2.45, 2.75) is 18.9 Å². The zero-order valence-corrected chi connectivity index (χ0v) is 16.8. The molecule has 0 unspecified atom stereocenters. The molecule has 134 valence electrons. The highest BCUT2D eigenvalue weighted by atomic mass is 127. The smallest absolute Gasteiger partial charge is 0.145 e. The Labute approximate surface area is 166 Å². The maximum absolute atomic E-state index is 6.37. The summed E-state index contributed by atoms with van der Waals surface area (Å²) in [6, 6.07) is 14.3. The van der Waals surface area contributed by atoms with Gasteiger partial charge >= 0.3 is 0 Å². The van der Waals surface area contributed by atoms with Gasteiger partial charge in [-0.15, -0.1) is 0 Å². The molecule has 0 atom stereocenters. The molecular weight excluding hydrogens is 439 g/mol. The molecule has 0 spiro atoms. The molecule has 1 fully saturated rings. The average Bonchev–Trinajstić information content (AvgIpc) is 2.66. The largest absolute Gasteiger partial charge is 0.489 e. The fourth-order valence-corrected chi connectivity index (χ4v) is 3.58. The number of fused-ring (bicyclic) bond motifs is 1. The molecule has 1 saturated heterocycles. The number of nitrogens with zero attached hydrogens (tertiary/aromatic N) is 3. The lowest BCUT2D eigenvalue weighted by Gasteiger charge is -2.29. The van der Waals surface area contributed by atoms with Gasteiger partial charge in [0.25, 0.3) is 0 Å². The van der Waals surface area contributed by atoms with Crippen LogP contribution in [0.3, 0.4) is 0 Å². The number of benzene rings is 2. The van der Waals surface area contributed by atoms with Crippen LogP contribution in [-0.4, -0.2) is 41.1 Å². The number of aromatic nitrogens is 2. The van der Waals surface area contributed by atoms with Crippen molar-refractivity contribution in [2.24, 2.45) is 0 Å². The van der Waals surface area contributed by atoms with E-state index in [4.69, 9.17) is 4.74 Å². The molecule has 2 heterocycles. The van der Waals surface area contributed by atoms with Gasteiger partial charge in [-0.2, -0.15) is 0 Å². The standard InChI is InChI=1S/C20H21IN4O/c1-25-11-9-16(10-12-25)26-18-4-2-3-17-19(18)20(23-13-22-17)24-15-7-5-14(21)6-8-15/h2-8,13,16H,9-12H2,1H3,(H,22,23,24). The Bertz CT molecular complexity index is 887. The second kappa shape index (κ2) is 7.75. The van der Waals surface area contributed by atoms with Gasteiger partial charge in [0.2, 0.25) is 0 Å². The number of halogens is 1. The zero-order valence-electron chi connectivity index (χ0n) is 14.7. The molecule has 2 aromatic carbocycles. The van der Waals surface area contributed by atoms with E-state index in [1.165, 1.54) is 3.57 Å². The minimum atomic E-state index is 0.239. The third-order valence-corrected chi connectivity index (χ3v) is 5.41. The van der Waals surface area contributed by atoms with Crippen molar-refractivity contribution in [1.29, 1.82) is 0 Å². The summed E-state index contributed by atoms with van der Waals surface area (Å²) in [7, 11) is 2.16. The van der Waals surface area contributed by atoms with Gasteiger partial charge in [-0.1, -0.05) is 6.07 Å². The number of rotatable bonds is 4. The van der Waals surface area contributed by atoms with Crippen LogP contribution >= 0.6 is 22.6 Å². The number of hydrogen-bond donors (Lipinski definition) is 1. The molecule has 3 aromatic rings. The molecule has 1 aromatic heterocycles. The Hall–Kier alpha value is -1.93. The highest BCUT2D eigenvalue weighted by Gasteiger charge is 2.20. The number of ether oxygens (including phenoxy) is 1. The molecule has 0 bridgehead atoms. The van der Waals surface area contributed by atoms with E-state index < -0.39 is 0 Å². The van der Waals surface area contributed by atoms with E-state index in [-0.39, 0.29) is 6.10 Å². The zero-order chi connectivity index (χ0) is 17.9. The summed E-state index contributed by atoms with van der Waals surface area (Å²) >= 11 is 2.30. The van der Waals surface area contributed by atoms with E-state index in [1.54, 1.807) is 6.33 Å². The van der Waals surface area contributed by atoms with Crippen molar-refractivity contribution in [1.82, 2.24) is 14.9 Å². The van der Waals surface area contributed by atoms with Gasteiger partial charge in [0, 0.05) is 22.3 Å². The average molecular weight is 460 g/mol. The molecule has 5 nitrogen and oxygen atoms in total. The van der Waals surface area contributed by atoms with Gasteiger partial charge in [0.05, 0.1) is 10.9 Å². The number of nitrogens with one attached hydrogen (secondary N) is 1. The number of hydrogen-bond acceptors (Lipinski definition) is 5. The molecule has 6 heteroatoms. The molecule has 1 aliphatic heterocycles. The molecule has 0 radical (unpaired) electrons. The molecule has 1 aliphatic rings. The summed E-state index contributed by atoms with van der Waals surface area (Å²) in [5, 5.41) is 4.35. The van der Waals surface area contributed by atoms with Crippen LogP contribution in [0.2, 0.25) is 0 Å². The third-order valence-electron chi connectivity index (χ3n) is 4.69. The Morgan fingerprint density at radius 3 is 2.62 bits per heavy atom. The fraction of sp³-hybridized carbons (Fsp3) is 0.300. The van der Waals surface area contributed by atoms with Gasteiger partial charge in [-0.25, -0.2) is 9.97 Å². The first-order chi connectivity index (χ1) is 12.7. The summed E-state index contributed by atoms with van der Waals surface area (Å²) in [6.45, 7) is 2.14. The lowest BCUT2D eigenvalue weighted by Crippen LogP contribution is -2.35. The van der Waals surface area contributed by atoms with Crippen molar-refractivity contribution in [3.8, 4) is 5.75 Å². The van der Waals surface area contributed by atoms with Crippen molar-refractivity contribution < 1.29 is 4.74 Å². The summed E-state index contributed by atoms with van der Waals surface area (Å²) in [4.78, 5) is 11.2. The second-order valence-electron chi connectivity index (χ2n) is 6.62. The van der Waals surface area contributed by atoms with Crippen molar-refractivity contribution >= 4 is 45.0 Å². The van der Waals surface area contributed by atoms with Gasteiger partial charge in [0.1, 0.15) is 24.0 Å². The maximum Gasteiger partial charge on any atom is 0.145 e. The first-order valence-electron chi connectivity index (χ1n) is 8.80. The first-order valence-corrected chi connectivity index (χ1v) is 9.88. The van der Waals surface area contributed by atoms with Crippen molar-refractivity contribution in [3.05, 3.63) is 52.4 Å². The predicted octanol–water partition coefficient (Wildman–Crippen LogP) is 4.45. The van der Waals surface area contributed by atoms with Crippen LogP contribution in [0.25, 0.3) is 10.9 Å². The van der Waals surface area contributed by atoms with E-state index >= 15 is 0 Å². The molecule has 26 heavy (non-hydrogen) atoms. The van der Waals surface area contributed by atoms with Crippen LogP contribution in [0.1, 0.15) is 12.8 Å². The highest BCUT2D eigenvalue weighted by molar-refractivity contribution is 14.1. The van der Waals surface area contributed by atoms with Crippen LogP contribution in [0.5, 0.6) is 5.75 Å². The van der Waals surface area contributed by atoms with Gasteiger partial charge in [-0.05, 0) is 78.9 Å². The van der Waals surface area contributed by atoms with Gasteiger partial charge in [-0.3, -0.25) is 0 Å². The summed E-state index contributed by atoms with van der Waals surface area (Å²) in [5.41, 5.74) is 1.89. The van der Waals surface area contributed by atoms with Crippen molar-refractivity contribution in [3.63, 3.8) is 0 Å². The molecule has 4 rings (SSSR count). The predicted molar refractivity (Wildman–Crippen MR) is 113 cm³/mol. The number of likely N-dealkylation sites (tertiary alicyclic amines) is 1. The molecule has 0 aliphatic carbocycles. The molecule has 1 N–H and O–H groups in total. The Morgan fingerprint density at radius 1 is 1.08 bits per heavy atom. The second-order valence-corrected chi connectivity index (χ2v) is 7.87. The highest BCUT2D eigenvalue weighted by Crippen LogP contribution is 2.33. The summed E-state index contributed by atoms with van der Waals surface area (Å²) in [5.74, 6) is 1.63. The quantitative estimate of drug-likeness (QED) is 0.584. The monoisotopic (exact) mass is 460 g/mol. The number of piperidine rings is 1. The van der Waals surface area contributed by atoms with E-state index in [0.717, 1.165) is 54.1 Å². The van der Waals surface area contributed by atoms with Crippen LogP contribution in [0.15, 0.2) is 48.8 Å². The normalized spacial score (nSPS) is 15.9. The summed E-state index contributed by atoms with van der Waals surface area (Å²) < 4.78 is 7.57. The third kappa shape index (κ3) is 3.91. The van der Waals surface area contributed by atoms with Crippen LogP contribution < -0.4 is 10.1 Å². The SMILES string of the molecule is CN1CCC(Oc2cccc3ncnc(Nc4ccc(I)cc4)c23)CC1. The first kappa shape index (κ1) is 17.5. The van der Waals surface area contributed by atoms with Crippen LogP contribution in [-0.2, 0) is 0 Å². The molecular formula is C20H21IN4O. The lowest BCUT2D eigenvalue weighted by atomic mass is 10.1. The maximum atomic E-state index is 6.37. The van der Waals surface area contributed by atoms with E-state index in [2.05, 4.69) is 74.1 Å². The van der Waals surface area contributed by atoms with Crippen LogP contribution in [0, 0.1) is 3.57 Å². The van der Waals surface area contributed by atoms with Gasteiger partial charge < -0.3 is 15.0 Å². The Morgan fingerprint density at radius 2 is 1.85 bits per heavy atom. The summed E-state index contributed by atoms with van der Waals surface area (Å²) in [6.07, 6.45) is 3.92. The Kier molecular flexibility index (Phi) is 5.21. The van der Waals surface area contributed by atoms with Gasteiger partial charge in [0.15, 0.2) is 0 Å². The van der Waals surface area contributed by atoms with Crippen LogP contribution in [0.4, 0.5) is 11.5 Å². The Balaban J connectivity index is 1.66. The molecule has 0 saturated carbocycles. The number of anilines is 2. The minimum Gasteiger partial charge on any atom is -0.489 e. The van der Waals surface area contributed by atoms with Crippen molar-refractivity contribution in [2.75, 3.05) is 25.5 Å². The fourth-order valence-electron chi connectivity index (χ4n) is 3.22. The lowest BCUT2D eigenvalue weighted by molar-refractivity contribution is 0.116. The molecule has 0 amide bonds. The van der Waals surface area contributed by atoms with E-state index in [1.807, 2.05) is 18.2 Å². The van der Waals surface area contributed by atoms with E-state index in [0.29, 0.717) is 0 Å². The van der Waals surface area contributed by atoms with E-state index in [9.17, 15) is 0 Å². The topological polar surface area (TPSA) is 50.3 Å².